The van der Waals surface area contributed by atoms with Crippen molar-refractivity contribution in [1.29, 1.82) is 0 Å². The van der Waals surface area contributed by atoms with Crippen LogP contribution in [0.5, 0.6) is 10.9 Å². The summed E-state index contributed by atoms with van der Waals surface area (Å²) in [6, 6.07) is 4.75. The quantitative estimate of drug-likeness (QED) is 0.927. The van der Waals surface area contributed by atoms with Gasteiger partial charge in [0.05, 0.1) is 5.56 Å². The fourth-order valence-corrected chi connectivity index (χ4v) is 2.12. The fourth-order valence-electron chi connectivity index (χ4n) is 1.43. The Balaban J connectivity index is 2.26. The van der Waals surface area contributed by atoms with E-state index in [1.807, 2.05) is 20.8 Å². The Bertz CT molecular complexity index is 608. The monoisotopic (exact) mass is 278 g/mol. The molecule has 6 heteroatoms. The number of aromatic carboxylic acids is 1. The highest BCUT2D eigenvalue weighted by Gasteiger charge is 2.12. The first-order valence-electron chi connectivity index (χ1n) is 5.82. The lowest BCUT2D eigenvalue weighted by Crippen LogP contribution is -1.97. The zero-order chi connectivity index (χ0) is 14.0. The van der Waals surface area contributed by atoms with E-state index in [0.717, 1.165) is 22.9 Å². The number of carboxylic acids is 1. The second-order valence-corrected chi connectivity index (χ2v) is 5.18. The number of hydrogen-bond acceptors (Lipinski definition) is 5. The van der Waals surface area contributed by atoms with Crippen molar-refractivity contribution in [1.82, 2.24) is 9.36 Å². The molecule has 1 aromatic carbocycles. The number of rotatable bonds is 4. The predicted octanol–water partition coefficient (Wildman–Crippen LogP) is 3.46. The van der Waals surface area contributed by atoms with Gasteiger partial charge in [-0.25, -0.2) is 4.79 Å². The molecule has 1 heterocycles. The van der Waals surface area contributed by atoms with Gasteiger partial charge in [-0.2, -0.15) is 9.36 Å². The van der Waals surface area contributed by atoms with E-state index >= 15 is 0 Å². The molecule has 0 saturated carbocycles. The van der Waals surface area contributed by atoms with Crippen LogP contribution in [0, 0.1) is 6.92 Å². The maximum atomic E-state index is 10.9. The SMILES string of the molecule is Cc1ccc(C(=O)O)cc1Oc1nc(C(C)C)ns1. The van der Waals surface area contributed by atoms with Crippen LogP contribution in [-0.2, 0) is 0 Å². The minimum absolute atomic E-state index is 0.189. The van der Waals surface area contributed by atoms with Crippen LogP contribution in [0.25, 0.3) is 0 Å². The average molecular weight is 278 g/mol. The Labute approximate surface area is 115 Å². The standard InChI is InChI=1S/C13H14N2O3S/c1-7(2)11-14-13(19-15-11)18-10-6-9(12(16)17)5-4-8(10)3/h4-7H,1-3H3,(H,16,17). The number of aryl methyl sites for hydroxylation is 1. The van der Waals surface area contributed by atoms with E-state index in [-0.39, 0.29) is 11.5 Å². The topological polar surface area (TPSA) is 72.3 Å². The molecule has 0 radical (unpaired) electrons. The molecule has 0 bridgehead atoms. The Morgan fingerprint density at radius 1 is 1.42 bits per heavy atom. The predicted molar refractivity (Wildman–Crippen MR) is 72.2 cm³/mol. The number of carbonyl (C=O) groups is 1. The molecule has 2 aromatic rings. The van der Waals surface area contributed by atoms with Crippen molar-refractivity contribution >= 4 is 17.5 Å². The highest BCUT2D eigenvalue weighted by atomic mass is 32.1. The first kappa shape index (κ1) is 13.5. The summed E-state index contributed by atoms with van der Waals surface area (Å²) in [7, 11) is 0. The van der Waals surface area contributed by atoms with Crippen LogP contribution < -0.4 is 4.74 Å². The zero-order valence-corrected chi connectivity index (χ0v) is 11.7. The number of benzene rings is 1. The summed E-state index contributed by atoms with van der Waals surface area (Å²) in [5.74, 6) is 0.475. The first-order valence-corrected chi connectivity index (χ1v) is 6.60. The van der Waals surface area contributed by atoms with E-state index < -0.39 is 5.97 Å². The van der Waals surface area contributed by atoms with Crippen molar-refractivity contribution in [2.45, 2.75) is 26.7 Å². The van der Waals surface area contributed by atoms with E-state index in [0.29, 0.717) is 10.9 Å². The van der Waals surface area contributed by atoms with E-state index in [1.165, 1.54) is 6.07 Å². The molecule has 0 unspecified atom stereocenters. The minimum Gasteiger partial charge on any atom is -0.478 e. The van der Waals surface area contributed by atoms with Gasteiger partial charge >= 0.3 is 5.97 Å². The van der Waals surface area contributed by atoms with E-state index in [9.17, 15) is 4.79 Å². The molecule has 0 fully saturated rings. The molecule has 0 aliphatic heterocycles. The third kappa shape index (κ3) is 3.08. The average Bonchev–Trinajstić information content (AvgIpc) is 2.80. The van der Waals surface area contributed by atoms with Gasteiger partial charge in [-0.1, -0.05) is 19.9 Å². The molecule has 1 N–H and O–H groups in total. The maximum Gasteiger partial charge on any atom is 0.335 e. The molecule has 1 aromatic heterocycles. The molecule has 5 nitrogen and oxygen atoms in total. The molecular weight excluding hydrogens is 264 g/mol. The maximum absolute atomic E-state index is 10.9. The second-order valence-electron chi connectivity index (χ2n) is 4.46. The molecule has 0 aliphatic rings. The highest BCUT2D eigenvalue weighted by Crippen LogP contribution is 2.28. The van der Waals surface area contributed by atoms with E-state index in [2.05, 4.69) is 9.36 Å². The van der Waals surface area contributed by atoms with Crippen molar-refractivity contribution in [3.63, 3.8) is 0 Å². The number of ether oxygens (including phenoxy) is 1. The molecule has 0 spiro atoms. The number of aromatic nitrogens is 2. The third-order valence-corrected chi connectivity index (χ3v) is 3.18. The van der Waals surface area contributed by atoms with Crippen LogP contribution in [-0.4, -0.2) is 20.4 Å². The van der Waals surface area contributed by atoms with Gasteiger partial charge in [0.25, 0.3) is 5.19 Å². The molecule has 2 rings (SSSR count). The minimum atomic E-state index is -0.981. The van der Waals surface area contributed by atoms with Crippen molar-refractivity contribution in [3.05, 3.63) is 35.2 Å². The lowest BCUT2D eigenvalue weighted by molar-refractivity contribution is 0.0696. The largest absolute Gasteiger partial charge is 0.478 e. The van der Waals surface area contributed by atoms with Gasteiger partial charge in [0, 0.05) is 17.5 Å². The van der Waals surface area contributed by atoms with E-state index in [1.54, 1.807) is 12.1 Å². The molecule has 100 valence electrons. The summed E-state index contributed by atoms with van der Waals surface area (Å²) < 4.78 is 9.80. The Kier molecular flexibility index (Phi) is 3.80. The second kappa shape index (κ2) is 5.36. The number of hydrogen-bond donors (Lipinski definition) is 1. The lowest BCUT2D eigenvalue weighted by Gasteiger charge is -2.06. The van der Waals surface area contributed by atoms with Gasteiger partial charge in [-0.3, -0.25) is 0 Å². The molecule has 0 saturated heterocycles. The molecule has 0 aliphatic carbocycles. The first-order chi connectivity index (χ1) is 8.97. The summed E-state index contributed by atoms with van der Waals surface area (Å²) in [5.41, 5.74) is 1.04. The van der Waals surface area contributed by atoms with Gasteiger partial charge in [0.2, 0.25) is 0 Å². The lowest BCUT2D eigenvalue weighted by atomic mass is 10.1. The third-order valence-electron chi connectivity index (χ3n) is 2.57. The van der Waals surface area contributed by atoms with Crippen LogP contribution in [0.3, 0.4) is 0 Å². The van der Waals surface area contributed by atoms with Crippen LogP contribution in [0.1, 0.15) is 41.5 Å². The van der Waals surface area contributed by atoms with Crippen LogP contribution in [0.15, 0.2) is 18.2 Å². The molecule has 19 heavy (non-hydrogen) atoms. The van der Waals surface area contributed by atoms with Crippen LogP contribution in [0.2, 0.25) is 0 Å². The zero-order valence-electron chi connectivity index (χ0n) is 10.9. The molecule has 0 atom stereocenters. The van der Waals surface area contributed by atoms with Gasteiger partial charge in [-0.15, -0.1) is 0 Å². The number of nitrogens with zero attached hydrogens (tertiary/aromatic N) is 2. The van der Waals surface area contributed by atoms with Gasteiger partial charge < -0.3 is 9.84 Å². The number of carboxylic acid groups (broad SMARTS) is 1. The normalized spacial score (nSPS) is 10.7. The van der Waals surface area contributed by atoms with Gasteiger partial charge in [-0.05, 0) is 24.6 Å². The van der Waals surface area contributed by atoms with E-state index in [4.69, 9.17) is 9.84 Å². The molecular formula is C13H14N2O3S. The Morgan fingerprint density at radius 2 is 2.16 bits per heavy atom. The summed E-state index contributed by atoms with van der Waals surface area (Å²) in [6.07, 6.45) is 0. The van der Waals surface area contributed by atoms with Crippen molar-refractivity contribution in [2.75, 3.05) is 0 Å². The molecule has 0 amide bonds. The van der Waals surface area contributed by atoms with Crippen LogP contribution in [0.4, 0.5) is 0 Å². The summed E-state index contributed by atoms with van der Waals surface area (Å²) in [5, 5.41) is 9.39. The Morgan fingerprint density at radius 3 is 2.74 bits per heavy atom. The van der Waals surface area contributed by atoms with Crippen molar-refractivity contribution in [3.8, 4) is 10.9 Å². The van der Waals surface area contributed by atoms with Gasteiger partial charge in [0.1, 0.15) is 11.6 Å². The van der Waals surface area contributed by atoms with Crippen molar-refractivity contribution in [2.24, 2.45) is 0 Å². The van der Waals surface area contributed by atoms with Gasteiger partial charge in [0.15, 0.2) is 0 Å². The summed E-state index contributed by atoms with van der Waals surface area (Å²) >= 11 is 1.16. The summed E-state index contributed by atoms with van der Waals surface area (Å²) in [6.45, 7) is 5.86. The smallest absolute Gasteiger partial charge is 0.335 e. The van der Waals surface area contributed by atoms with Crippen molar-refractivity contribution < 1.29 is 14.6 Å². The summed E-state index contributed by atoms with van der Waals surface area (Å²) in [4.78, 5) is 15.2. The highest BCUT2D eigenvalue weighted by molar-refractivity contribution is 7.07. The van der Waals surface area contributed by atoms with Crippen LogP contribution >= 0.6 is 11.5 Å². The fraction of sp³-hybridized carbons (Fsp3) is 0.308. The Hall–Kier alpha value is -1.95.